The van der Waals surface area contributed by atoms with E-state index in [1.807, 2.05) is 0 Å². The van der Waals surface area contributed by atoms with Crippen LogP contribution in [0, 0.1) is 0 Å². The number of aromatic nitrogens is 1. The molecule has 0 radical (unpaired) electrons. The van der Waals surface area contributed by atoms with E-state index >= 15 is 0 Å². The van der Waals surface area contributed by atoms with Crippen LogP contribution in [0.4, 0.5) is 17.1 Å². The Bertz CT molecular complexity index is 2980. The molecule has 0 unspecified atom stereocenters. The van der Waals surface area contributed by atoms with Crippen LogP contribution in [0.3, 0.4) is 0 Å². The highest BCUT2D eigenvalue weighted by atomic mass is 15.1. The predicted molar refractivity (Wildman–Crippen MR) is 251 cm³/mol. The second kappa shape index (κ2) is 14.8. The van der Waals surface area contributed by atoms with Crippen molar-refractivity contribution in [3.63, 3.8) is 0 Å². The van der Waals surface area contributed by atoms with Gasteiger partial charge in [0.15, 0.2) is 0 Å². The van der Waals surface area contributed by atoms with Crippen LogP contribution in [0.25, 0.3) is 32.9 Å². The first-order valence-corrected chi connectivity index (χ1v) is 21.0. The Morgan fingerprint density at radius 3 is 1.45 bits per heavy atom. The lowest BCUT2D eigenvalue weighted by Crippen LogP contribution is -2.28. The Balaban J connectivity index is 1.13. The summed E-state index contributed by atoms with van der Waals surface area (Å²) in [6.07, 6.45) is 0.922. The van der Waals surface area contributed by atoms with Gasteiger partial charge in [-0.25, -0.2) is 0 Å². The van der Waals surface area contributed by atoms with Gasteiger partial charge >= 0.3 is 0 Å². The van der Waals surface area contributed by atoms with Gasteiger partial charge in [0, 0.05) is 51.8 Å². The molecule has 2 nitrogen and oxygen atoms in total. The van der Waals surface area contributed by atoms with E-state index in [9.17, 15) is 0 Å². The lowest BCUT2D eigenvalue weighted by Gasteiger charge is -2.35. The van der Waals surface area contributed by atoms with Gasteiger partial charge in [0.1, 0.15) is 0 Å². The minimum absolute atomic E-state index is 0.266. The summed E-state index contributed by atoms with van der Waals surface area (Å²) < 4.78 is 2.42. The van der Waals surface area contributed by atoms with Crippen LogP contribution >= 0.6 is 0 Å². The maximum absolute atomic E-state index is 2.52. The average Bonchev–Trinajstić information content (AvgIpc) is 3.76. The quantitative estimate of drug-likeness (QED) is 0.142. The Morgan fingerprint density at radius 2 is 0.900 bits per heavy atom. The van der Waals surface area contributed by atoms with E-state index in [0.29, 0.717) is 0 Å². The number of para-hydroxylation sites is 2. The lowest BCUT2D eigenvalue weighted by atomic mass is 9.67. The number of hydrogen-bond donors (Lipinski definition) is 0. The maximum atomic E-state index is 2.52. The molecule has 0 fully saturated rings. The van der Waals surface area contributed by atoms with Gasteiger partial charge in [-0.2, -0.15) is 0 Å². The van der Waals surface area contributed by atoms with Crippen molar-refractivity contribution in [2.75, 3.05) is 4.90 Å². The zero-order chi connectivity index (χ0) is 40.0. The van der Waals surface area contributed by atoms with E-state index in [-0.39, 0.29) is 5.92 Å². The van der Waals surface area contributed by atoms with Gasteiger partial charge in [-0.1, -0.05) is 176 Å². The molecule has 0 N–H and O–H groups in total. The van der Waals surface area contributed by atoms with Gasteiger partial charge in [-0.05, 0) is 111 Å². The molecule has 60 heavy (non-hydrogen) atoms. The average molecular weight is 769 g/mol. The van der Waals surface area contributed by atoms with Crippen molar-refractivity contribution in [3.8, 4) is 11.1 Å². The summed E-state index contributed by atoms with van der Waals surface area (Å²) in [5, 5.41) is 2.56. The molecule has 10 aromatic rings. The summed E-state index contributed by atoms with van der Waals surface area (Å²) >= 11 is 0. The van der Waals surface area contributed by atoms with Crippen LogP contribution in [-0.2, 0) is 18.9 Å². The normalized spacial score (nSPS) is 12.8. The molecular weight excluding hydrogens is 725 g/mol. The smallest absolute Gasteiger partial charge is 0.0714 e. The highest BCUT2D eigenvalue weighted by Crippen LogP contribution is 2.58. The highest BCUT2D eigenvalue weighted by Gasteiger charge is 2.47. The van der Waals surface area contributed by atoms with Crippen molar-refractivity contribution in [2.45, 2.75) is 17.8 Å². The number of aryl methyl sites for hydroxylation is 1. The molecule has 0 saturated carbocycles. The summed E-state index contributed by atoms with van der Waals surface area (Å²) in [6, 6.07) is 85.0. The fraction of sp³-hybridized carbons (Fsp3) is 0.0690. The fourth-order valence-corrected chi connectivity index (χ4v) is 10.1. The summed E-state index contributed by atoms with van der Waals surface area (Å²) in [5.74, 6) is 0.266. The number of rotatable bonds is 9. The molecule has 1 aromatic heterocycles. The lowest BCUT2D eigenvalue weighted by molar-refractivity contribution is 0.769. The summed E-state index contributed by atoms with van der Waals surface area (Å²) in [5.41, 5.74) is 17.0. The Labute approximate surface area is 352 Å². The Hall–Kier alpha value is -7.42. The third-order valence-electron chi connectivity index (χ3n) is 12.9. The third kappa shape index (κ3) is 5.79. The van der Waals surface area contributed by atoms with Gasteiger partial charge in [0.05, 0.1) is 5.41 Å². The molecule has 1 aliphatic rings. The van der Waals surface area contributed by atoms with Crippen molar-refractivity contribution >= 4 is 38.9 Å². The topological polar surface area (TPSA) is 8.17 Å². The van der Waals surface area contributed by atoms with E-state index in [1.54, 1.807) is 0 Å². The number of nitrogens with zero attached hydrogens (tertiary/aromatic N) is 2. The molecular formula is C58H44N2. The second-order valence-corrected chi connectivity index (χ2v) is 16.1. The largest absolute Gasteiger partial charge is 0.344 e. The minimum atomic E-state index is -0.558. The summed E-state index contributed by atoms with van der Waals surface area (Å²) in [6.45, 7) is 0. The van der Waals surface area contributed by atoms with Crippen molar-refractivity contribution in [1.29, 1.82) is 0 Å². The maximum Gasteiger partial charge on any atom is 0.0714 e. The zero-order valence-corrected chi connectivity index (χ0v) is 33.6. The molecule has 1 aliphatic carbocycles. The molecule has 0 atom stereocenters. The zero-order valence-electron chi connectivity index (χ0n) is 33.6. The molecule has 11 rings (SSSR count). The summed E-state index contributed by atoms with van der Waals surface area (Å²) in [7, 11) is 2.24. The molecule has 286 valence electrons. The first-order valence-electron chi connectivity index (χ1n) is 21.0. The van der Waals surface area contributed by atoms with Crippen LogP contribution in [0.1, 0.15) is 44.9 Å². The number of benzene rings is 9. The molecule has 2 heteroatoms. The fourth-order valence-electron chi connectivity index (χ4n) is 10.1. The second-order valence-electron chi connectivity index (χ2n) is 16.1. The monoisotopic (exact) mass is 768 g/mol. The SMILES string of the molecule is Cn1c2cc(CC(c3ccccc3)c3ccccc3)ccc2c2cc3c(cc21)-c1ccc(N(c2ccccc2)c2ccccc2)cc1C3(c1ccccc1)c1ccccc1. The van der Waals surface area contributed by atoms with Crippen molar-refractivity contribution in [1.82, 2.24) is 4.57 Å². The Kier molecular flexibility index (Phi) is 8.78. The van der Waals surface area contributed by atoms with Crippen LogP contribution in [0.2, 0.25) is 0 Å². The van der Waals surface area contributed by atoms with Crippen LogP contribution in [-0.4, -0.2) is 4.57 Å². The van der Waals surface area contributed by atoms with Gasteiger partial charge < -0.3 is 9.47 Å². The standard InChI is InChI=1S/C58H44N2/c1-59-56-37-41(36-51(42-20-8-2-9-21-42)43-22-10-3-11-23-43)32-34-50(56)53-39-55-52(40-57(53)59)49-35-33-48(60(46-28-16-6-17-29-46)47-30-18-7-19-31-47)38-54(49)58(55,44-24-12-4-13-25-44)45-26-14-5-15-27-45/h2-35,37-40,51H,36H2,1H3. The van der Waals surface area contributed by atoms with E-state index in [0.717, 1.165) is 23.5 Å². The van der Waals surface area contributed by atoms with Crippen molar-refractivity contribution in [2.24, 2.45) is 7.05 Å². The van der Waals surface area contributed by atoms with Crippen LogP contribution in [0.15, 0.2) is 231 Å². The molecule has 1 heterocycles. The van der Waals surface area contributed by atoms with Gasteiger partial charge in [-0.3, -0.25) is 0 Å². The molecule has 0 aliphatic heterocycles. The van der Waals surface area contributed by atoms with Gasteiger partial charge in [0.25, 0.3) is 0 Å². The highest BCUT2D eigenvalue weighted by molar-refractivity contribution is 6.11. The first-order chi connectivity index (χ1) is 29.7. The Morgan fingerprint density at radius 1 is 0.417 bits per heavy atom. The first kappa shape index (κ1) is 35.7. The van der Waals surface area contributed by atoms with Crippen molar-refractivity contribution < 1.29 is 0 Å². The predicted octanol–water partition coefficient (Wildman–Crippen LogP) is 14.5. The van der Waals surface area contributed by atoms with E-state index in [1.165, 1.54) is 71.9 Å². The van der Waals surface area contributed by atoms with E-state index in [2.05, 4.69) is 247 Å². The minimum Gasteiger partial charge on any atom is -0.344 e. The number of hydrogen-bond acceptors (Lipinski definition) is 1. The van der Waals surface area contributed by atoms with Gasteiger partial charge in [0.2, 0.25) is 0 Å². The molecule has 0 spiro atoms. The van der Waals surface area contributed by atoms with Crippen molar-refractivity contribution in [3.05, 3.63) is 269 Å². The molecule has 0 bridgehead atoms. The molecule has 0 amide bonds. The van der Waals surface area contributed by atoms with Crippen LogP contribution in [0.5, 0.6) is 0 Å². The number of anilines is 3. The van der Waals surface area contributed by atoms with Gasteiger partial charge in [-0.15, -0.1) is 0 Å². The van der Waals surface area contributed by atoms with Crippen LogP contribution < -0.4 is 4.90 Å². The molecule has 9 aromatic carbocycles. The molecule has 0 saturated heterocycles. The number of fused-ring (bicyclic) bond motifs is 6. The third-order valence-corrected chi connectivity index (χ3v) is 12.9. The van der Waals surface area contributed by atoms with E-state index in [4.69, 9.17) is 0 Å². The summed E-state index contributed by atoms with van der Waals surface area (Å²) in [4.78, 5) is 2.38. The van der Waals surface area contributed by atoms with E-state index < -0.39 is 5.41 Å².